The summed E-state index contributed by atoms with van der Waals surface area (Å²) in [6.07, 6.45) is 1.72. The first-order chi connectivity index (χ1) is 24.3. The number of ether oxygens (including phenoxy) is 4. The standard InChI is InChI=1S/C36H42ClN7O6/c1-6-41(19-20-47-2)17-18-44-36(46)43(23-26-9-14-29(49-4)15-10-26)34(40-44)33-31(38-35(45)30-21-27(37)11-16-32(30)50-5)24-42(39-33)22-25-7-12-28(48-3)13-8-25/h7-16,21,24H,6,17-20,22-23H2,1-5H3,(H,38,45). The van der Waals surface area contributed by atoms with Gasteiger partial charge in [0.15, 0.2) is 11.5 Å². The SMILES string of the molecule is CCN(CCOC)CCn1nc(-c2nn(Cc3ccc(OC)cc3)cc2NC(=O)c2cc(Cl)ccc2OC)n(Cc2ccc(OC)cc2)c1=O. The number of methoxy groups -OCH3 is 4. The molecule has 2 aromatic heterocycles. The third kappa shape index (κ3) is 8.72. The minimum Gasteiger partial charge on any atom is -0.497 e. The maximum Gasteiger partial charge on any atom is 0.346 e. The number of carbonyl (C=O) groups excluding carboxylic acids is 1. The smallest absolute Gasteiger partial charge is 0.346 e. The van der Waals surface area contributed by atoms with Crippen molar-refractivity contribution in [1.29, 1.82) is 0 Å². The molecule has 0 atom stereocenters. The monoisotopic (exact) mass is 703 g/mol. The molecule has 0 saturated heterocycles. The van der Waals surface area contributed by atoms with Gasteiger partial charge in [0.1, 0.15) is 17.2 Å². The number of amides is 1. The Bertz CT molecular complexity index is 1940. The predicted molar refractivity (Wildman–Crippen MR) is 192 cm³/mol. The Labute approximate surface area is 295 Å². The molecule has 0 spiro atoms. The van der Waals surface area contributed by atoms with Gasteiger partial charge in [-0.2, -0.15) is 5.10 Å². The number of nitrogens with one attached hydrogen (secondary N) is 1. The number of hydrogen-bond donors (Lipinski definition) is 1. The first-order valence-corrected chi connectivity index (χ1v) is 16.5. The van der Waals surface area contributed by atoms with Gasteiger partial charge in [-0.15, -0.1) is 5.10 Å². The van der Waals surface area contributed by atoms with Crippen LogP contribution in [-0.4, -0.2) is 89.6 Å². The quantitative estimate of drug-likeness (QED) is 0.144. The second-order valence-corrected chi connectivity index (χ2v) is 11.9. The molecule has 264 valence electrons. The zero-order chi connectivity index (χ0) is 35.6. The van der Waals surface area contributed by atoms with Crippen LogP contribution in [0.5, 0.6) is 17.2 Å². The zero-order valence-corrected chi connectivity index (χ0v) is 29.6. The van der Waals surface area contributed by atoms with Gasteiger partial charge < -0.3 is 24.3 Å². The number of likely N-dealkylation sites (N-methyl/N-ethyl adjacent to an activating group) is 1. The highest BCUT2D eigenvalue weighted by Crippen LogP contribution is 2.29. The van der Waals surface area contributed by atoms with Crippen LogP contribution in [0.1, 0.15) is 28.4 Å². The van der Waals surface area contributed by atoms with Crippen LogP contribution in [0.25, 0.3) is 11.5 Å². The highest BCUT2D eigenvalue weighted by atomic mass is 35.5. The lowest BCUT2D eigenvalue weighted by atomic mass is 10.2. The molecule has 0 aliphatic carbocycles. The number of anilines is 1. The molecular formula is C36H42ClN7O6. The molecule has 0 radical (unpaired) electrons. The Balaban J connectivity index is 1.59. The van der Waals surface area contributed by atoms with E-state index in [1.54, 1.807) is 48.9 Å². The van der Waals surface area contributed by atoms with Crippen molar-refractivity contribution < 1.29 is 23.7 Å². The molecular weight excluding hydrogens is 662 g/mol. The molecule has 2 heterocycles. The van der Waals surface area contributed by atoms with Crippen LogP contribution in [0, 0.1) is 0 Å². The zero-order valence-electron chi connectivity index (χ0n) is 28.9. The van der Waals surface area contributed by atoms with Crippen molar-refractivity contribution in [3.8, 4) is 28.8 Å². The van der Waals surface area contributed by atoms with Crippen LogP contribution in [0.4, 0.5) is 5.69 Å². The Morgan fingerprint density at radius 2 is 1.52 bits per heavy atom. The second-order valence-electron chi connectivity index (χ2n) is 11.4. The summed E-state index contributed by atoms with van der Waals surface area (Å²) in [6, 6.07) is 19.9. The summed E-state index contributed by atoms with van der Waals surface area (Å²) < 4.78 is 26.1. The second kappa shape index (κ2) is 17.0. The van der Waals surface area contributed by atoms with Crippen molar-refractivity contribution in [2.75, 3.05) is 60.0 Å². The third-order valence-electron chi connectivity index (χ3n) is 8.24. The number of rotatable bonds is 17. The highest BCUT2D eigenvalue weighted by molar-refractivity contribution is 6.31. The fraction of sp³-hybridized carbons (Fsp3) is 0.333. The number of aromatic nitrogens is 5. The van der Waals surface area contributed by atoms with E-state index in [9.17, 15) is 9.59 Å². The van der Waals surface area contributed by atoms with Gasteiger partial charge in [0.25, 0.3) is 5.91 Å². The van der Waals surface area contributed by atoms with Crippen molar-refractivity contribution in [2.24, 2.45) is 0 Å². The molecule has 5 rings (SSSR count). The van der Waals surface area contributed by atoms with Crippen LogP contribution in [0.2, 0.25) is 5.02 Å². The summed E-state index contributed by atoms with van der Waals surface area (Å²) in [5.74, 6) is 1.62. The minimum atomic E-state index is -0.463. The van der Waals surface area contributed by atoms with E-state index in [2.05, 4.69) is 17.1 Å². The average Bonchev–Trinajstić information content (AvgIpc) is 3.67. The molecule has 14 heteroatoms. The van der Waals surface area contributed by atoms with Crippen LogP contribution in [0.3, 0.4) is 0 Å². The number of hydrogen-bond acceptors (Lipinski definition) is 9. The molecule has 0 fully saturated rings. The number of nitrogens with zero attached hydrogens (tertiary/aromatic N) is 6. The fourth-order valence-corrected chi connectivity index (χ4v) is 5.60. The maximum absolute atomic E-state index is 14.1. The van der Waals surface area contributed by atoms with Crippen LogP contribution in [-0.2, 0) is 24.4 Å². The molecule has 1 N–H and O–H groups in total. The molecule has 0 unspecified atom stereocenters. The van der Waals surface area contributed by atoms with E-state index in [0.717, 1.165) is 30.0 Å². The van der Waals surface area contributed by atoms with Crippen molar-refractivity contribution >= 4 is 23.2 Å². The lowest BCUT2D eigenvalue weighted by molar-refractivity contribution is 0.102. The average molecular weight is 704 g/mol. The first-order valence-electron chi connectivity index (χ1n) is 16.1. The Hall–Kier alpha value is -5.11. The van der Waals surface area contributed by atoms with Gasteiger partial charge in [0.05, 0.1) is 58.8 Å². The molecule has 13 nitrogen and oxygen atoms in total. The van der Waals surface area contributed by atoms with Gasteiger partial charge >= 0.3 is 5.69 Å². The number of halogens is 1. The molecule has 5 aromatic rings. The van der Waals surface area contributed by atoms with Crippen molar-refractivity contribution in [1.82, 2.24) is 29.0 Å². The molecule has 0 aliphatic heterocycles. The lowest BCUT2D eigenvalue weighted by Gasteiger charge is -2.19. The largest absolute Gasteiger partial charge is 0.497 e. The van der Waals surface area contributed by atoms with Crippen LogP contribution >= 0.6 is 11.6 Å². The Morgan fingerprint density at radius 3 is 2.12 bits per heavy atom. The van der Waals surface area contributed by atoms with E-state index in [4.69, 9.17) is 40.7 Å². The minimum absolute atomic E-state index is 0.209. The third-order valence-corrected chi connectivity index (χ3v) is 8.48. The molecule has 1 amide bonds. The van der Waals surface area contributed by atoms with E-state index in [-0.39, 0.29) is 17.8 Å². The predicted octanol–water partition coefficient (Wildman–Crippen LogP) is 4.90. The number of carbonyl (C=O) groups is 1. The maximum atomic E-state index is 14.1. The van der Waals surface area contributed by atoms with Gasteiger partial charge in [0, 0.05) is 31.4 Å². The number of benzene rings is 3. The van der Waals surface area contributed by atoms with Crippen molar-refractivity contribution in [3.63, 3.8) is 0 Å². The summed E-state index contributed by atoms with van der Waals surface area (Å²) in [5, 5.41) is 13.1. The van der Waals surface area contributed by atoms with Gasteiger partial charge in [0.2, 0.25) is 0 Å². The summed E-state index contributed by atoms with van der Waals surface area (Å²) in [7, 11) is 6.36. The topological polar surface area (TPSA) is 127 Å². The summed E-state index contributed by atoms with van der Waals surface area (Å²) >= 11 is 6.26. The van der Waals surface area contributed by atoms with Crippen LogP contribution in [0.15, 0.2) is 77.7 Å². The lowest BCUT2D eigenvalue weighted by Crippen LogP contribution is -2.34. The van der Waals surface area contributed by atoms with Gasteiger partial charge in [-0.3, -0.25) is 18.9 Å². The van der Waals surface area contributed by atoms with Crippen molar-refractivity contribution in [2.45, 2.75) is 26.6 Å². The normalized spacial score (nSPS) is 11.2. The summed E-state index contributed by atoms with van der Waals surface area (Å²) in [4.78, 5) is 30.0. The van der Waals surface area contributed by atoms with E-state index >= 15 is 0 Å². The van der Waals surface area contributed by atoms with Gasteiger partial charge in [-0.25, -0.2) is 9.48 Å². The van der Waals surface area contributed by atoms with E-state index in [1.807, 2.05) is 48.5 Å². The molecule has 0 bridgehead atoms. The van der Waals surface area contributed by atoms with Crippen molar-refractivity contribution in [3.05, 3.63) is 105 Å². The summed E-state index contributed by atoms with van der Waals surface area (Å²) in [6.45, 7) is 5.66. The van der Waals surface area contributed by atoms with E-state index in [1.165, 1.54) is 17.9 Å². The summed E-state index contributed by atoms with van der Waals surface area (Å²) in [5.41, 5.74) is 2.42. The molecule has 0 aliphatic rings. The van der Waals surface area contributed by atoms with Crippen LogP contribution < -0.4 is 25.2 Å². The Kier molecular flexibility index (Phi) is 12.3. The molecule has 50 heavy (non-hydrogen) atoms. The fourth-order valence-electron chi connectivity index (χ4n) is 5.43. The molecule has 3 aromatic carbocycles. The van der Waals surface area contributed by atoms with Gasteiger partial charge in [-0.05, 0) is 60.1 Å². The molecule has 0 saturated carbocycles. The first kappa shape index (κ1) is 36.2. The van der Waals surface area contributed by atoms with Gasteiger partial charge in [-0.1, -0.05) is 42.8 Å². The highest BCUT2D eigenvalue weighted by Gasteiger charge is 2.24. The Morgan fingerprint density at radius 1 is 0.860 bits per heavy atom. The van der Waals surface area contributed by atoms with E-state index in [0.29, 0.717) is 60.0 Å². The van der Waals surface area contributed by atoms with E-state index < -0.39 is 5.91 Å².